The van der Waals surface area contributed by atoms with E-state index < -0.39 is 11.7 Å². The Kier molecular flexibility index (Phi) is 3.96. The number of benzene rings is 1. The van der Waals surface area contributed by atoms with Crippen LogP contribution in [-0.4, -0.2) is 17.6 Å². The van der Waals surface area contributed by atoms with Crippen LogP contribution in [0.3, 0.4) is 0 Å². The lowest BCUT2D eigenvalue weighted by atomic mass is 10.1. The molecule has 2 N–H and O–H groups in total. The minimum Gasteiger partial charge on any atom is -0.459 e. The van der Waals surface area contributed by atoms with E-state index >= 15 is 0 Å². The predicted molar refractivity (Wildman–Crippen MR) is 67.0 cm³/mol. The molecule has 0 saturated heterocycles. The Hall–Kier alpha value is -2.58. The van der Waals surface area contributed by atoms with Gasteiger partial charge in [0.1, 0.15) is 12.4 Å². The molecule has 0 saturated carbocycles. The monoisotopic (exact) mass is 259 g/mol. The molecule has 0 radical (unpaired) electrons. The van der Waals surface area contributed by atoms with Gasteiger partial charge in [0.25, 0.3) is 5.91 Å². The van der Waals surface area contributed by atoms with Crippen LogP contribution in [0.1, 0.15) is 16.1 Å². The Labute approximate surface area is 108 Å². The zero-order chi connectivity index (χ0) is 13.7. The van der Waals surface area contributed by atoms with Gasteiger partial charge in [0, 0.05) is 0 Å². The molecule has 5 heteroatoms. The maximum Gasteiger partial charge on any atom is 0.291 e. The average Bonchev–Trinajstić information content (AvgIpc) is 2.93. The largest absolute Gasteiger partial charge is 0.459 e. The number of halogens is 1. The van der Waals surface area contributed by atoms with Crippen LogP contribution in [0.25, 0.3) is 0 Å². The molecule has 0 aliphatic carbocycles. The van der Waals surface area contributed by atoms with Crippen molar-refractivity contribution >= 4 is 11.6 Å². The van der Waals surface area contributed by atoms with Gasteiger partial charge in [-0.2, -0.15) is 0 Å². The molecule has 0 aliphatic rings. The van der Waals surface area contributed by atoms with E-state index in [1.165, 1.54) is 30.5 Å². The molecular formula is C14H10FNO3. The number of amides is 1. The van der Waals surface area contributed by atoms with Gasteiger partial charge in [-0.3, -0.25) is 4.79 Å². The van der Waals surface area contributed by atoms with E-state index in [-0.39, 0.29) is 17.9 Å². The predicted octanol–water partition coefficient (Wildman–Crippen LogP) is 2.01. The molecule has 0 spiro atoms. The Morgan fingerprint density at radius 2 is 2.26 bits per heavy atom. The second-order valence-electron chi connectivity index (χ2n) is 3.58. The van der Waals surface area contributed by atoms with Crippen molar-refractivity contribution in [2.75, 3.05) is 11.9 Å². The molecule has 1 heterocycles. The van der Waals surface area contributed by atoms with Crippen LogP contribution in [0.4, 0.5) is 10.1 Å². The number of anilines is 1. The number of hydrogen-bond donors (Lipinski definition) is 2. The fourth-order valence-electron chi connectivity index (χ4n) is 1.46. The zero-order valence-corrected chi connectivity index (χ0v) is 9.81. The van der Waals surface area contributed by atoms with Crippen LogP contribution in [0.15, 0.2) is 41.0 Å². The van der Waals surface area contributed by atoms with Gasteiger partial charge in [-0.1, -0.05) is 11.8 Å². The highest BCUT2D eigenvalue weighted by molar-refractivity contribution is 6.02. The first-order valence-corrected chi connectivity index (χ1v) is 5.45. The smallest absolute Gasteiger partial charge is 0.291 e. The first-order chi connectivity index (χ1) is 9.20. The lowest BCUT2D eigenvalue weighted by molar-refractivity contribution is 0.0996. The Morgan fingerprint density at radius 3 is 2.95 bits per heavy atom. The number of nitrogens with one attached hydrogen (secondary N) is 1. The summed E-state index contributed by atoms with van der Waals surface area (Å²) in [5.41, 5.74) is 0.637. The molecule has 1 aromatic heterocycles. The van der Waals surface area contributed by atoms with E-state index in [0.717, 1.165) is 0 Å². The molecule has 4 nitrogen and oxygen atoms in total. The fourth-order valence-corrected chi connectivity index (χ4v) is 1.46. The molecule has 2 rings (SSSR count). The van der Waals surface area contributed by atoms with Gasteiger partial charge in [0.15, 0.2) is 5.76 Å². The molecule has 0 atom stereocenters. The molecule has 0 aliphatic heterocycles. The number of hydrogen-bond acceptors (Lipinski definition) is 3. The minimum atomic E-state index is -0.474. The summed E-state index contributed by atoms with van der Waals surface area (Å²) in [6, 6.07) is 6.89. The highest BCUT2D eigenvalue weighted by atomic mass is 19.1. The molecule has 0 bridgehead atoms. The standard InChI is InChI=1S/C14H10FNO3/c15-11-5-6-12(10(9-11)3-1-7-17)16-14(18)13-4-2-8-19-13/h2,4-6,8-9,17H,7H2,(H,16,18). The second-order valence-corrected chi connectivity index (χ2v) is 3.58. The van der Waals surface area contributed by atoms with Crippen LogP contribution in [-0.2, 0) is 0 Å². The van der Waals surface area contributed by atoms with Crippen molar-refractivity contribution in [3.05, 3.63) is 53.7 Å². The SMILES string of the molecule is O=C(Nc1ccc(F)cc1C#CCO)c1ccco1. The van der Waals surface area contributed by atoms with Crippen molar-refractivity contribution in [1.29, 1.82) is 0 Å². The number of furan rings is 1. The van der Waals surface area contributed by atoms with Gasteiger partial charge in [0.05, 0.1) is 17.5 Å². The third-order valence-electron chi connectivity index (χ3n) is 2.28. The maximum absolute atomic E-state index is 13.1. The van der Waals surface area contributed by atoms with E-state index in [0.29, 0.717) is 5.69 Å². The number of carbonyl (C=O) groups is 1. The van der Waals surface area contributed by atoms with Crippen LogP contribution in [0.5, 0.6) is 0 Å². The van der Waals surface area contributed by atoms with Gasteiger partial charge in [-0.25, -0.2) is 4.39 Å². The summed E-state index contributed by atoms with van der Waals surface area (Å²) in [6.45, 7) is -0.345. The summed E-state index contributed by atoms with van der Waals surface area (Å²) in [4.78, 5) is 11.8. The van der Waals surface area contributed by atoms with Crippen molar-refractivity contribution in [3.8, 4) is 11.8 Å². The molecule has 96 valence electrons. The van der Waals surface area contributed by atoms with Crippen molar-refractivity contribution < 1.29 is 18.7 Å². The first-order valence-electron chi connectivity index (χ1n) is 5.45. The maximum atomic E-state index is 13.1. The van der Waals surface area contributed by atoms with E-state index in [1.54, 1.807) is 6.07 Å². The highest BCUT2D eigenvalue weighted by Crippen LogP contribution is 2.17. The summed E-state index contributed by atoms with van der Waals surface area (Å²) in [5, 5.41) is 11.2. The molecule has 0 fully saturated rings. The summed E-state index contributed by atoms with van der Waals surface area (Å²) < 4.78 is 18.1. The summed E-state index contributed by atoms with van der Waals surface area (Å²) >= 11 is 0. The lowest BCUT2D eigenvalue weighted by Crippen LogP contribution is -2.12. The first kappa shape index (κ1) is 12.9. The van der Waals surface area contributed by atoms with E-state index in [1.807, 2.05) is 0 Å². The Balaban J connectivity index is 2.27. The molecule has 0 unspecified atom stereocenters. The second kappa shape index (κ2) is 5.85. The lowest BCUT2D eigenvalue weighted by Gasteiger charge is -2.06. The Bertz CT molecular complexity index is 638. The van der Waals surface area contributed by atoms with Gasteiger partial charge in [-0.05, 0) is 30.3 Å². The van der Waals surface area contributed by atoms with Crippen molar-refractivity contribution in [1.82, 2.24) is 0 Å². The summed E-state index contributed by atoms with van der Waals surface area (Å²) in [5.74, 6) is 4.19. The van der Waals surface area contributed by atoms with Crippen LogP contribution < -0.4 is 5.32 Å². The minimum absolute atomic E-state index is 0.144. The number of rotatable bonds is 2. The number of carbonyl (C=O) groups excluding carboxylic acids is 1. The van der Waals surface area contributed by atoms with Gasteiger partial charge in [0.2, 0.25) is 0 Å². The van der Waals surface area contributed by atoms with E-state index in [9.17, 15) is 9.18 Å². The van der Waals surface area contributed by atoms with Crippen LogP contribution in [0.2, 0.25) is 0 Å². The molecule has 2 aromatic rings. The van der Waals surface area contributed by atoms with Crippen LogP contribution >= 0.6 is 0 Å². The van der Waals surface area contributed by atoms with Crippen molar-refractivity contribution in [2.45, 2.75) is 0 Å². The third kappa shape index (κ3) is 3.21. The molecular weight excluding hydrogens is 249 g/mol. The average molecular weight is 259 g/mol. The molecule has 1 aromatic carbocycles. The Morgan fingerprint density at radius 1 is 1.42 bits per heavy atom. The van der Waals surface area contributed by atoms with E-state index in [2.05, 4.69) is 17.2 Å². The summed E-state index contributed by atoms with van der Waals surface area (Å²) in [7, 11) is 0. The van der Waals surface area contributed by atoms with Gasteiger partial charge in [-0.15, -0.1) is 0 Å². The van der Waals surface area contributed by atoms with Crippen molar-refractivity contribution in [3.63, 3.8) is 0 Å². The third-order valence-corrected chi connectivity index (χ3v) is 2.28. The number of aliphatic hydroxyl groups is 1. The van der Waals surface area contributed by atoms with Crippen LogP contribution in [0, 0.1) is 17.7 Å². The normalized spacial score (nSPS) is 9.58. The van der Waals surface area contributed by atoms with Crippen molar-refractivity contribution in [2.24, 2.45) is 0 Å². The van der Waals surface area contributed by atoms with Gasteiger partial charge >= 0.3 is 0 Å². The summed E-state index contributed by atoms with van der Waals surface area (Å²) in [6.07, 6.45) is 1.38. The molecule has 19 heavy (non-hydrogen) atoms. The van der Waals surface area contributed by atoms with Gasteiger partial charge < -0.3 is 14.8 Å². The quantitative estimate of drug-likeness (QED) is 0.811. The molecule has 1 amide bonds. The highest BCUT2D eigenvalue weighted by Gasteiger charge is 2.11. The zero-order valence-electron chi connectivity index (χ0n) is 9.81. The topological polar surface area (TPSA) is 62.5 Å². The number of aliphatic hydroxyl groups excluding tert-OH is 1. The van der Waals surface area contributed by atoms with E-state index in [4.69, 9.17) is 9.52 Å². The fraction of sp³-hybridized carbons (Fsp3) is 0.0714.